The van der Waals surface area contributed by atoms with Crippen LogP contribution in [0.25, 0.3) is 10.9 Å². The molecule has 3 heterocycles. The molecular formula is C17H10Cl3N5O. The first-order valence-corrected chi connectivity index (χ1v) is 8.37. The van der Waals surface area contributed by atoms with Crippen molar-refractivity contribution in [2.45, 2.75) is 0 Å². The molecule has 1 aromatic carbocycles. The zero-order chi connectivity index (χ0) is 18.4. The van der Waals surface area contributed by atoms with Gasteiger partial charge in [-0.15, -0.1) is 0 Å². The molecule has 0 saturated carbocycles. The van der Waals surface area contributed by atoms with Crippen molar-refractivity contribution in [1.29, 1.82) is 0 Å². The van der Waals surface area contributed by atoms with E-state index in [1.807, 2.05) is 30.3 Å². The Morgan fingerprint density at radius 2 is 1.38 bits per heavy atom. The van der Waals surface area contributed by atoms with E-state index in [-0.39, 0.29) is 0 Å². The number of rotatable bonds is 2. The normalized spacial score (nSPS) is 10.1. The topological polar surface area (TPSA) is 73.7 Å². The predicted molar refractivity (Wildman–Crippen MR) is 101 cm³/mol. The highest BCUT2D eigenvalue weighted by atomic mass is 35.5. The van der Waals surface area contributed by atoms with E-state index in [0.717, 1.165) is 10.9 Å². The van der Waals surface area contributed by atoms with Gasteiger partial charge in [-0.3, -0.25) is 4.98 Å². The highest BCUT2D eigenvalue weighted by Crippen LogP contribution is 2.24. The van der Waals surface area contributed by atoms with Crippen molar-refractivity contribution in [1.82, 2.24) is 24.9 Å². The smallest absolute Gasteiger partial charge is 0.223 e. The predicted octanol–water partition coefficient (Wildman–Crippen LogP) is 5.25. The van der Waals surface area contributed by atoms with Gasteiger partial charge in [-0.2, -0.15) is 0 Å². The van der Waals surface area contributed by atoms with Gasteiger partial charge in [-0.1, -0.05) is 40.9 Å². The molecule has 0 aliphatic carbocycles. The Bertz CT molecular complexity index is 1010. The molecular weight excluding hydrogens is 397 g/mol. The van der Waals surface area contributed by atoms with E-state index in [4.69, 9.17) is 39.5 Å². The molecule has 6 nitrogen and oxygen atoms in total. The molecule has 26 heavy (non-hydrogen) atoms. The Balaban J connectivity index is 0.000000206. The fourth-order valence-corrected chi connectivity index (χ4v) is 2.40. The van der Waals surface area contributed by atoms with Gasteiger partial charge < -0.3 is 4.74 Å². The number of ether oxygens (including phenoxy) is 1. The lowest BCUT2D eigenvalue weighted by atomic mass is 10.2. The van der Waals surface area contributed by atoms with Crippen molar-refractivity contribution in [2.24, 2.45) is 0 Å². The van der Waals surface area contributed by atoms with E-state index in [1.54, 1.807) is 12.3 Å². The van der Waals surface area contributed by atoms with Crippen LogP contribution in [0.1, 0.15) is 0 Å². The van der Waals surface area contributed by atoms with Crippen molar-refractivity contribution in [3.8, 4) is 11.6 Å². The summed E-state index contributed by atoms with van der Waals surface area (Å²) in [7, 11) is 0. The molecule has 0 N–H and O–H groups in total. The largest absolute Gasteiger partial charge is 0.439 e. The maximum atomic E-state index is 5.76. The monoisotopic (exact) mass is 405 g/mol. The van der Waals surface area contributed by atoms with E-state index in [2.05, 4.69) is 24.9 Å². The molecule has 0 amide bonds. The SMILES string of the molecule is Clc1cc(Cl)ncn1.Clc1cc(Oc2ccc3cccnc3c2)ncn1. The second-order valence-electron chi connectivity index (χ2n) is 4.80. The third-order valence-electron chi connectivity index (χ3n) is 3.01. The molecule has 0 radical (unpaired) electrons. The highest BCUT2D eigenvalue weighted by Gasteiger charge is 2.02. The molecule has 0 unspecified atom stereocenters. The van der Waals surface area contributed by atoms with Crippen LogP contribution >= 0.6 is 34.8 Å². The van der Waals surface area contributed by atoms with Gasteiger partial charge in [0.2, 0.25) is 5.88 Å². The summed E-state index contributed by atoms with van der Waals surface area (Å²) < 4.78 is 5.59. The number of fused-ring (bicyclic) bond motifs is 1. The Kier molecular flexibility index (Phi) is 6.12. The first-order chi connectivity index (χ1) is 12.6. The van der Waals surface area contributed by atoms with E-state index >= 15 is 0 Å². The minimum atomic E-state index is 0.346. The molecule has 0 saturated heterocycles. The summed E-state index contributed by atoms with van der Waals surface area (Å²) in [5.74, 6) is 1.07. The van der Waals surface area contributed by atoms with Crippen LogP contribution in [0.5, 0.6) is 11.6 Å². The van der Waals surface area contributed by atoms with Gasteiger partial charge in [-0.25, -0.2) is 19.9 Å². The number of hydrogen-bond donors (Lipinski definition) is 0. The molecule has 0 aliphatic rings. The fraction of sp³-hybridized carbons (Fsp3) is 0. The van der Waals surface area contributed by atoms with Crippen molar-refractivity contribution in [3.05, 3.63) is 76.8 Å². The number of hydrogen-bond acceptors (Lipinski definition) is 6. The van der Waals surface area contributed by atoms with Crippen molar-refractivity contribution in [3.63, 3.8) is 0 Å². The van der Waals surface area contributed by atoms with E-state index in [1.165, 1.54) is 18.7 Å². The second kappa shape index (κ2) is 8.71. The van der Waals surface area contributed by atoms with Gasteiger partial charge in [0.15, 0.2) is 0 Å². The van der Waals surface area contributed by atoms with Crippen LogP contribution in [0, 0.1) is 0 Å². The molecule has 3 aromatic heterocycles. The van der Waals surface area contributed by atoms with Crippen LogP contribution in [0.15, 0.2) is 61.3 Å². The fourth-order valence-electron chi connectivity index (χ4n) is 1.92. The molecule has 4 rings (SSSR count). The summed E-state index contributed by atoms with van der Waals surface area (Å²) in [6.45, 7) is 0. The van der Waals surface area contributed by atoms with Gasteiger partial charge in [0, 0.05) is 29.8 Å². The van der Waals surface area contributed by atoms with E-state index in [9.17, 15) is 0 Å². The Labute approximate surface area is 163 Å². The van der Waals surface area contributed by atoms with Crippen LogP contribution in [0.2, 0.25) is 15.5 Å². The van der Waals surface area contributed by atoms with Crippen molar-refractivity contribution in [2.75, 3.05) is 0 Å². The van der Waals surface area contributed by atoms with E-state index < -0.39 is 0 Å². The molecule has 0 spiro atoms. The third-order valence-corrected chi connectivity index (χ3v) is 3.63. The summed E-state index contributed by atoms with van der Waals surface area (Å²) in [5.41, 5.74) is 0.871. The second-order valence-corrected chi connectivity index (χ2v) is 5.96. The molecule has 0 atom stereocenters. The minimum absolute atomic E-state index is 0.346. The zero-order valence-electron chi connectivity index (χ0n) is 13.1. The molecule has 0 aliphatic heterocycles. The minimum Gasteiger partial charge on any atom is -0.439 e. The number of nitrogens with zero attached hydrogens (tertiary/aromatic N) is 5. The molecule has 9 heteroatoms. The average molecular weight is 407 g/mol. The lowest BCUT2D eigenvalue weighted by Crippen LogP contribution is -1.89. The van der Waals surface area contributed by atoms with Crippen LogP contribution in [0.4, 0.5) is 0 Å². The van der Waals surface area contributed by atoms with E-state index in [0.29, 0.717) is 27.1 Å². The van der Waals surface area contributed by atoms with Gasteiger partial charge in [-0.05, 0) is 18.2 Å². The number of pyridine rings is 1. The molecule has 130 valence electrons. The Morgan fingerprint density at radius 3 is 2.04 bits per heavy atom. The van der Waals surface area contributed by atoms with Crippen molar-refractivity contribution >= 4 is 45.7 Å². The summed E-state index contributed by atoms with van der Waals surface area (Å²) >= 11 is 16.6. The standard InChI is InChI=1S/C13H8ClN3O.C4H2Cl2N2/c14-12-7-13(17-8-16-12)18-10-4-3-9-2-1-5-15-11(9)6-10;5-3-1-4(6)8-2-7-3/h1-8H;1-2H. The number of benzene rings is 1. The van der Waals surface area contributed by atoms with Crippen LogP contribution in [-0.4, -0.2) is 24.9 Å². The average Bonchev–Trinajstić information content (AvgIpc) is 2.62. The van der Waals surface area contributed by atoms with Gasteiger partial charge in [0.05, 0.1) is 5.52 Å². The molecule has 4 aromatic rings. The Morgan fingerprint density at radius 1 is 0.692 bits per heavy atom. The van der Waals surface area contributed by atoms with Crippen molar-refractivity contribution < 1.29 is 4.74 Å². The first-order valence-electron chi connectivity index (χ1n) is 7.23. The summed E-state index contributed by atoms with van der Waals surface area (Å²) in [4.78, 5) is 19.3. The number of aromatic nitrogens is 5. The summed E-state index contributed by atoms with van der Waals surface area (Å²) in [6, 6.07) is 12.6. The maximum Gasteiger partial charge on any atom is 0.223 e. The van der Waals surface area contributed by atoms with Crippen LogP contribution < -0.4 is 4.74 Å². The van der Waals surface area contributed by atoms with Gasteiger partial charge in [0.25, 0.3) is 0 Å². The van der Waals surface area contributed by atoms with Gasteiger partial charge >= 0.3 is 0 Å². The Hall–Kier alpha value is -2.54. The maximum absolute atomic E-state index is 5.76. The lowest BCUT2D eigenvalue weighted by molar-refractivity contribution is 0.462. The lowest BCUT2D eigenvalue weighted by Gasteiger charge is -2.05. The van der Waals surface area contributed by atoms with Crippen LogP contribution in [-0.2, 0) is 0 Å². The third kappa shape index (κ3) is 5.23. The zero-order valence-corrected chi connectivity index (χ0v) is 15.3. The highest BCUT2D eigenvalue weighted by molar-refractivity contribution is 6.33. The van der Waals surface area contributed by atoms with Crippen LogP contribution in [0.3, 0.4) is 0 Å². The molecule has 0 bridgehead atoms. The number of halogens is 3. The van der Waals surface area contributed by atoms with Gasteiger partial charge in [0.1, 0.15) is 33.9 Å². The quantitative estimate of drug-likeness (QED) is 0.423. The molecule has 0 fully saturated rings. The first kappa shape index (κ1) is 18.3. The summed E-state index contributed by atoms with van der Waals surface area (Å²) in [6.07, 6.45) is 4.41. The summed E-state index contributed by atoms with van der Waals surface area (Å²) in [5, 5.41) is 2.14.